The van der Waals surface area contributed by atoms with E-state index < -0.39 is 62.4 Å². The topological polar surface area (TPSA) is 138 Å². The number of thiophene rings is 1. The van der Waals surface area contributed by atoms with Gasteiger partial charge in [0.2, 0.25) is 17.7 Å². The summed E-state index contributed by atoms with van der Waals surface area (Å²) in [4.78, 5) is 62.6. The number of likely N-dealkylation sites (tertiary alicyclic amines) is 1. The molecule has 1 aromatic heterocycles. The SMILES string of the molecule is C[C@H](NP(=O)(OCC(F)(F)F)[C@@H](F)c1ccc2sc(C(=O)N[C@H]3CC[C@H](N(C)C4CC(F)C4)C[C@H]4CC[C@@H](C(=O)N5C[C@H](c6ccccc6)CC56CC6)N4C3=O)cc2c1)C(=O)OC1CCC1. The molecule has 3 aliphatic heterocycles. The van der Waals surface area contributed by atoms with Gasteiger partial charge < -0.3 is 29.3 Å². The zero-order chi connectivity index (χ0) is 46.7. The highest BCUT2D eigenvalue weighted by Gasteiger charge is 2.59. The van der Waals surface area contributed by atoms with Crippen LogP contribution in [0.4, 0.5) is 22.0 Å². The van der Waals surface area contributed by atoms with Gasteiger partial charge in [0.1, 0.15) is 30.4 Å². The lowest BCUT2D eigenvalue weighted by Crippen LogP contribution is -2.59. The summed E-state index contributed by atoms with van der Waals surface area (Å²) in [5.74, 6) is -4.33. The summed E-state index contributed by atoms with van der Waals surface area (Å²) in [6.45, 7) is -0.259. The molecule has 3 amide bonds. The lowest BCUT2D eigenvalue weighted by Gasteiger charge is -2.45. The Morgan fingerprint density at radius 2 is 1.73 bits per heavy atom. The number of nitrogens with zero attached hydrogens (tertiary/aromatic N) is 3. The van der Waals surface area contributed by atoms with E-state index in [0.717, 1.165) is 37.0 Å². The van der Waals surface area contributed by atoms with Crippen molar-refractivity contribution < 1.29 is 55.0 Å². The first kappa shape index (κ1) is 47.1. The average molecular weight is 962 g/mol. The van der Waals surface area contributed by atoms with Crippen molar-refractivity contribution in [3.05, 3.63) is 70.6 Å². The van der Waals surface area contributed by atoms with Crippen LogP contribution in [0.25, 0.3) is 10.1 Å². The van der Waals surface area contributed by atoms with Crippen LogP contribution in [0.3, 0.4) is 0 Å². The molecule has 0 bridgehead atoms. The lowest BCUT2D eigenvalue weighted by atomic mass is 9.86. The van der Waals surface area contributed by atoms with Crippen LogP contribution in [0, 0.1) is 0 Å². The number of ether oxygens (including phenoxy) is 1. The van der Waals surface area contributed by atoms with Crippen molar-refractivity contribution in [2.45, 2.75) is 162 Å². The Kier molecular flexibility index (Phi) is 13.2. The van der Waals surface area contributed by atoms with Crippen molar-refractivity contribution in [1.82, 2.24) is 25.1 Å². The number of hydrogen-bond donors (Lipinski definition) is 2. The molecule has 2 N–H and O–H groups in total. The van der Waals surface area contributed by atoms with E-state index in [-0.39, 0.29) is 64.4 Å². The maximum atomic E-state index is 16.3. The Labute approximate surface area is 384 Å². The molecule has 2 aromatic carbocycles. The first-order valence-electron chi connectivity index (χ1n) is 23.2. The van der Waals surface area contributed by atoms with Crippen molar-refractivity contribution in [1.29, 1.82) is 0 Å². The van der Waals surface area contributed by atoms with Crippen LogP contribution in [0.2, 0.25) is 0 Å². The maximum Gasteiger partial charge on any atom is 0.412 e. The van der Waals surface area contributed by atoms with Crippen LogP contribution in [-0.2, 0) is 28.2 Å². The molecule has 9 rings (SSSR count). The van der Waals surface area contributed by atoms with Crippen molar-refractivity contribution in [3.8, 4) is 0 Å². The second kappa shape index (κ2) is 18.5. The Morgan fingerprint density at radius 1 is 0.985 bits per heavy atom. The fourth-order valence-electron chi connectivity index (χ4n) is 10.7. The summed E-state index contributed by atoms with van der Waals surface area (Å²) in [5, 5.41) is 5.45. The number of fused-ring (bicyclic) bond motifs is 2. The molecule has 0 radical (unpaired) electrons. The summed E-state index contributed by atoms with van der Waals surface area (Å²) < 4.78 is 94.7. The van der Waals surface area contributed by atoms with Gasteiger partial charge >= 0.3 is 19.7 Å². The summed E-state index contributed by atoms with van der Waals surface area (Å²) in [6.07, 6.45) is 1.99. The smallest absolute Gasteiger partial charge is 0.412 e. The van der Waals surface area contributed by atoms with E-state index >= 15 is 4.39 Å². The van der Waals surface area contributed by atoms with Crippen LogP contribution in [0.5, 0.6) is 0 Å². The third kappa shape index (κ3) is 9.68. The molecular formula is C47H57F5N5O7PS. The third-order valence-corrected chi connectivity index (χ3v) is 18.2. The molecule has 66 heavy (non-hydrogen) atoms. The fraction of sp³-hybridized carbons (Fsp3) is 0.617. The zero-order valence-electron chi connectivity index (χ0n) is 37.0. The van der Waals surface area contributed by atoms with Crippen LogP contribution in [0.1, 0.15) is 123 Å². The van der Waals surface area contributed by atoms with E-state index in [1.54, 1.807) is 4.90 Å². The van der Waals surface area contributed by atoms with Gasteiger partial charge in [-0.15, -0.1) is 11.3 Å². The van der Waals surface area contributed by atoms with Gasteiger partial charge in [-0.3, -0.25) is 23.7 Å². The molecule has 6 aliphatic rings. The second-order valence-electron chi connectivity index (χ2n) is 19.4. The van der Waals surface area contributed by atoms with Crippen LogP contribution >= 0.6 is 18.9 Å². The van der Waals surface area contributed by atoms with Gasteiger partial charge in [-0.2, -0.15) is 13.2 Å². The monoisotopic (exact) mass is 961 g/mol. The molecule has 1 unspecified atom stereocenters. The number of halogens is 5. The molecule has 8 atom stereocenters. The van der Waals surface area contributed by atoms with Gasteiger partial charge in [0, 0.05) is 40.8 Å². The Morgan fingerprint density at radius 3 is 2.39 bits per heavy atom. The summed E-state index contributed by atoms with van der Waals surface area (Å²) in [5.41, 5.74) is 0.657. The quantitative estimate of drug-likeness (QED) is 0.0924. The first-order chi connectivity index (χ1) is 31.4. The van der Waals surface area contributed by atoms with Gasteiger partial charge in [0.15, 0.2) is 6.61 Å². The van der Waals surface area contributed by atoms with Crippen molar-refractivity contribution in [2.24, 2.45) is 0 Å². The number of carbonyl (C=O) groups excluding carboxylic acids is 4. The van der Waals surface area contributed by atoms with Crippen molar-refractivity contribution >= 4 is 52.6 Å². The van der Waals surface area contributed by atoms with Crippen molar-refractivity contribution in [2.75, 3.05) is 20.2 Å². The third-order valence-electron chi connectivity index (χ3n) is 15.0. The minimum Gasteiger partial charge on any atom is -0.461 e. The summed E-state index contributed by atoms with van der Waals surface area (Å²) in [6, 6.07) is 12.2. The maximum absolute atomic E-state index is 16.3. The van der Waals surface area contributed by atoms with Gasteiger partial charge in [0.05, 0.1) is 4.88 Å². The van der Waals surface area contributed by atoms with Gasteiger partial charge in [-0.25, -0.2) is 13.9 Å². The minimum absolute atomic E-state index is 0.0290. The highest BCUT2D eigenvalue weighted by molar-refractivity contribution is 7.57. The molecule has 3 aromatic rings. The predicted molar refractivity (Wildman–Crippen MR) is 237 cm³/mol. The minimum atomic E-state index is -5.08. The summed E-state index contributed by atoms with van der Waals surface area (Å²) >= 11 is 1.05. The van der Waals surface area contributed by atoms with Crippen LogP contribution in [0.15, 0.2) is 54.6 Å². The fourth-order valence-corrected chi connectivity index (χ4v) is 13.5. The number of carbonyl (C=O) groups is 4. The average Bonchev–Trinajstić information content (AvgIpc) is 3.55. The highest BCUT2D eigenvalue weighted by Crippen LogP contribution is 2.59. The zero-order valence-corrected chi connectivity index (χ0v) is 38.7. The standard InChI is InChI=1S/C47H57F5N5O7PS/c1-27(45(61)64-36-9-6-10-36)54-65(62,63-26-47(50,51)52)41(49)29-11-16-39-30(19-29)20-40(66-39)42(58)53-37-14-12-33(55(2)35-21-32(48)22-35)23-34-13-15-38(57(34)43(37)59)44(60)56-25-31(24-46(56)17-18-46)28-7-4-3-5-8-28/h3-5,7-8,11,16,19-20,27,31-38,41H,6,9-10,12-15,17-18,21-26H2,1-2H3,(H,53,58)(H,54,62)/t27-,31+,32?,33-,34+,35?,37-,38-,41+,65?/m0/s1. The largest absolute Gasteiger partial charge is 0.461 e. The van der Waals surface area contributed by atoms with E-state index in [1.165, 1.54) is 36.8 Å². The van der Waals surface area contributed by atoms with Crippen molar-refractivity contribution in [3.63, 3.8) is 0 Å². The molecule has 3 saturated carbocycles. The molecule has 3 saturated heterocycles. The molecule has 3 aliphatic carbocycles. The number of alkyl halides is 5. The van der Waals surface area contributed by atoms with E-state index in [0.29, 0.717) is 68.0 Å². The van der Waals surface area contributed by atoms with Gasteiger partial charge in [-0.1, -0.05) is 36.4 Å². The van der Waals surface area contributed by atoms with E-state index in [2.05, 4.69) is 27.4 Å². The first-order valence-corrected chi connectivity index (χ1v) is 25.7. The lowest BCUT2D eigenvalue weighted by molar-refractivity contribution is -0.155. The molecule has 1 spiro atoms. The number of rotatable bonds is 14. The number of nitrogens with one attached hydrogen (secondary N) is 2. The molecule has 358 valence electrons. The molecular weight excluding hydrogens is 905 g/mol. The Balaban J connectivity index is 0.939. The number of amides is 3. The molecule has 6 fully saturated rings. The van der Waals surface area contributed by atoms with Gasteiger partial charge in [-0.05, 0) is 132 Å². The van der Waals surface area contributed by atoms with E-state index in [9.17, 15) is 41.3 Å². The van der Waals surface area contributed by atoms with Crippen LogP contribution in [-0.4, -0.2) is 119 Å². The van der Waals surface area contributed by atoms with E-state index in [1.807, 2.05) is 30.1 Å². The van der Waals surface area contributed by atoms with E-state index in [4.69, 9.17) is 9.26 Å². The molecule has 4 heterocycles. The molecule has 19 heteroatoms. The molecule has 12 nitrogen and oxygen atoms in total. The van der Waals surface area contributed by atoms with Crippen LogP contribution < -0.4 is 10.4 Å². The Hall–Kier alpha value is -3.96. The number of hydrogen-bond acceptors (Lipinski definition) is 9. The Bertz CT molecular complexity index is 2360. The number of benzene rings is 2. The second-order valence-corrected chi connectivity index (χ2v) is 22.7. The summed E-state index contributed by atoms with van der Waals surface area (Å²) in [7, 11) is -3.09. The highest BCUT2D eigenvalue weighted by atomic mass is 32.1. The number of esters is 1. The normalized spacial score (nSPS) is 29.3. The van der Waals surface area contributed by atoms with Gasteiger partial charge in [0.25, 0.3) is 5.91 Å². The predicted octanol–water partition coefficient (Wildman–Crippen LogP) is 8.71.